The number of rotatable bonds is 2. The van der Waals surface area contributed by atoms with Crippen molar-refractivity contribution in [3.63, 3.8) is 0 Å². The molecule has 0 radical (unpaired) electrons. The number of ether oxygens (including phenoxy) is 1. The summed E-state index contributed by atoms with van der Waals surface area (Å²) in [7, 11) is 0. The molecule has 1 fully saturated rings. The number of morpholine rings is 1. The molecule has 1 aromatic rings. The van der Waals surface area contributed by atoms with Gasteiger partial charge in [-0.3, -0.25) is 0 Å². The first kappa shape index (κ1) is 10.7. The van der Waals surface area contributed by atoms with Crippen LogP contribution in [0, 0.1) is 0 Å². The molecule has 2 nitrogen and oxygen atoms in total. The summed E-state index contributed by atoms with van der Waals surface area (Å²) in [6, 6.07) is 10.4. The molecule has 0 spiro atoms. The van der Waals surface area contributed by atoms with Gasteiger partial charge in [0.1, 0.15) is 0 Å². The van der Waals surface area contributed by atoms with Crippen molar-refractivity contribution in [2.45, 2.75) is 0 Å². The average Bonchev–Trinajstić information content (AvgIpc) is 2.33. The van der Waals surface area contributed by atoms with E-state index in [9.17, 15) is 0 Å². The van der Waals surface area contributed by atoms with Crippen LogP contribution in [0.25, 0.3) is 5.70 Å². The molecule has 0 unspecified atom stereocenters. The maximum atomic E-state index is 5.35. The first-order valence-corrected chi connectivity index (χ1v) is 6.02. The first-order valence-electron chi connectivity index (χ1n) is 5.10. The maximum absolute atomic E-state index is 5.35. The molecule has 0 saturated carbocycles. The Morgan fingerprint density at radius 2 is 1.87 bits per heavy atom. The predicted molar refractivity (Wildman–Crippen MR) is 65.7 cm³/mol. The molecule has 2 rings (SSSR count). The van der Waals surface area contributed by atoms with Crippen LogP contribution in [0.15, 0.2) is 35.3 Å². The molecule has 15 heavy (non-hydrogen) atoms. The molecule has 1 heterocycles. The lowest BCUT2D eigenvalue weighted by Gasteiger charge is -2.30. The van der Waals surface area contributed by atoms with Crippen molar-refractivity contribution in [3.05, 3.63) is 40.9 Å². The Morgan fingerprint density at radius 3 is 2.47 bits per heavy atom. The summed E-state index contributed by atoms with van der Waals surface area (Å²) >= 11 is 3.44. The summed E-state index contributed by atoms with van der Waals surface area (Å²) in [6.45, 7) is 3.56. The highest BCUT2D eigenvalue weighted by atomic mass is 79.9. The van der Waals surface area contributed by atoms with Crippen molar-refractivity contribution in [2.75, 3.05) is 26.3 Å². The van der Waals surface area contributed by atoms with Crippen LogP contribution in [0.1, 0.15) is 5.56 Å². The van der Waals surface area contributed by atoms with E-state index in [0.717, 1.165) is 26.3 Å². The van der Waals surface area contributed by atoms with E-state index in [4.69, 9.17) is 4.74 Å². The summed E-state index contributed by atoms with van der Waals surface area (Å²) in [5.41, 5.74) is 2.48. The molecule has 0 amide bonds. The number of nitrogens with zero attached hydrogens (tertiary/aromatic N) is 1. The van der Waals surface area contributed by atoms with Crippen LogP contribution in [0.5, 0.6) is 0 Å². The molecule has 0 bridgehead atoms. The van der Waals surface area contributed by atoms with Gasteiger partial charge in [0, 0.05) is 18.1 Å². The van der Waals surface area contributed by atoms with Crippen molar-refractivity contribution < 1.29 is 4.74 Å². The number of benzene rings is 1. The van der Waals surface area contributed by atoms with Crippen LogP contribution in [0.3, 0.4) is 0 Å². The second-order valence-electron chi connectivity index (χ2n) is 3.46. The molecule has 1 aliphatic rings. The van der Waals surface area contributed by atoms with Gasteiger partial charge in [-0.1, -0.05) is 46.3 Å². The van der Waals surface area contributed by atoms with E-state index in [-0.39, 0.29) is 0 Å². The number of hydrogen-bond donors (Lipinski definition) is 0. The molecular formula is C12H14BrNO. The largest absolute Gasteiger partial charge is 0.378 e. The Hall–Kier alpha value is -0.800. The molecule has 0 atom stereocenters. The fourth-order valence-corrected chi connectivity index (χ4v) is 2.28. The average molecular weight is 268 g/mol. The van der Waals surface area contributed by atoms with Crippen LogP contribution >= 0.6 is 15.9 Å². The second kappa shape index (κ2) is 5.33. The predicted octanol–water partition coefficient (Wildman–Crippen LogP) is 2.71. The van der Waals surface area contributed by atoms with Gasteiger partial charge in [0.25, 0.3) is 0 Å². The van der Waals surface area contributed by atoms with Gasteiger partial charge in [-0.2, -0.15) is 0 Å². The Kier molecular flexibility index (Phi) is 3.80. The van der Waals surface area contributed by atoms with E-state index in [1.54, 1.807) is 0 Å². The normalized spacial score (nSPS) is 17.9. The fourth-order valence-electron chi connectivity index (χ4n) is 1.73. The van der Waals surface area contributed by atoms with Gasteiger partial charge in [-0.15, -0.1) is 0 Å². The van der Waals surface area contributed by atoms with E-state index in [1.165, 1.54) is 11.3 Å². The molecule has 80 valence electrons. The van der Waals surface area contributed by atoms with Gasteiger partial charge < -0.3 is 9.64 Å². The van der Waals surface area contributed by atoms with Gasteiger partial charge >= 0.3 is 0 Å². The number of hydrogen-bond acceptors (Lipinski definition) is 2. The minimum Gasteiger partial charge on any atom is -0.378 e. The molecule has 0 aliphatic carbocycles. The molecule has 3 heteroatoms. The Labute approximate surface area is 98.7 Å². The third-order valence-corrected chi connectivity index (χ3v) is 2.96. The molecule has 1 saturated heterocycles. The van der Waals surface area contributed by atoms with E-state index in [0.29, 0.717) is 0 Å². The van der Waals surface area contributed by atoms with E-state index < -0.39 is 0 Å². The summed E-state index contributed by atoms with van der Waals surface area (Å²) in [4.78, 5) is 4.33. The molecule has 1 aromatic carbocycles. The summed E-state index contributed by atoms with van der Waals surface area (Å²) in [5.74, 6) is 0. The minimum absolute atomic E-state index is 0.817. The summed E-state index contributed by atoms with van der Waals surface area (Å²) in [5, 5.41) is 0. The summed E-state index contributed by atoms with van der Waals surface area (Å²) in [6.07, 6.45) is 0. The highest BCUT2D eigenvalue weighted by Gasteiger charge is 2.14. The monoisotopic (exact) mass is 267 g/mol. The minimum atomic E-state index is 0.817. The lowest BCUT2D eigenvalue weighted by atomic mass is 10.1. The van der Waals surface area contributed by atoms with Crippen molar-refractivity contribution in [1.82, 2.24) is 4.90 Å². The van der Waals surface area contributed by atoms with Gasteiger partial charge in [0.2, 0.25) is 0 Å². The van der Waals surface area contributed by atoms with Gasteiger partial charge in [-0.05, 0) is 5.56 Å². The zero-order valence-electron chi connectivity index (χ0n) is 8.53. The van der Waals surface area contributed by atoms with E-state index >= 15 is 0 Å². The Bertz CT molecular complexity index is 331. The van der Waals surface area contributed by atoms with Gasteiger partial charge in [0.05, 0.1) is 18.9 Å². The van der Waals surface area contributed by atoms with Crippen molar-refractivity contribution in [3.8, 4) is 0 Å². The van der Waals surface area contributed by atoms with Crippen molar-refractivity contribution in [2.24, 2.45) is 0 Å². The molecule has 0 aromatic heterocycles. The maximum Gasteiger partial charge on any atom is 0.0642 e. The SMILES string of the molecule is Br/C=C(\c1ccccc1)N1CCOCC1. The Morgan fingerprint density at radius 1 is 1.20 bits per heavy atom. The first-order chi connectivity index (χ1) is 7.42. The zero-order chi connectivity index (χ0) is 10.5. The second-order valence-corrected chi connectivity index (χ2v) is 3.92. The van der Waals surface area contributed by atoms with Crippen molar-refractivity contribution in [1.29, 1.82) is 0 Å². The van der Waals surface area contributed by atoms with Crippen molar-refractivity contribution >= 4 is 21.6 Å². The zero-order valence-corrected chi connectivity index (χ0v) is 10.1. The van der Waals surface area contributed by atoms with E-state index in [1.807, 2.05) is 11.1 Å². The molecule has 1 aliphatic heterocycles. The van der Waals surface area contributed by atoms with Crippen LogP contribution in [0.4, 0.5) is 0 Å². The highest BCUT2D eigenvalue weighted by Crippen LogP contribution is 2.21. The fraction of sp³-hybridized carbons (Fsp3) is 0.333. The Balaban J connectivity index is 2.17. The quantitative estimate of drug-likeness (QED) is 0.817. The smallest absolute Gasteiger partial charge is 0.0642 e. The lowest BCUT2D eigenvalue weighted by molar-refractivity contribution is 0.0640. The standard InChI is InChI=1S/C12H14BrNO/c13-10-12(11-4-2-1-3-5-11)14-6-8-15-9-7-14/h1-5,10H,6-9H2/b12-10+. The van der Waals surface area contributed by atoms with Gasteiger partial charge in [-0.25, -0.2) is 0 Å². The highest BCUT2D eigenvalue weighted by molar-refractivity contribution is 9.11. The summed E-state index contributed by atoms with van der Waals surface area (Å²) < 4.78 is 5.35. The lowest BCUT2D eigenvalue weighted by Crippen LogP contribution is -2.34. The van der Waals surface area contributed by atoms with Gasteiger partial charge in [0.15, 0.2) is 0 Å². The molecule has 0 N–H and O–H groups in total. The third-order valence-electron chi connectivity index (χ3n) is 2.52. The van der Waals surface area contributed by atoms with Crippen LogP contribution in [-0.4, -0.2) is 31.2 Å². The molecular weight excluding hydrogens is 254 g/mol. The van der Waals surface area contributed by atoms with Crippen LogP contribution in [-0.2, 0) is 4.74 Å². The third kappa shape index (κ3) is 2.61. The van der Waals surface area contributed by atoms with Crippen LogP contribution < -0.4 is 0 Å². The van der Waals surface area contributed by atoms with E-state index in [2.05, 4.69) is 45.1 Å². The van der Waals surface area contributed by atoms with Crippen LogP contribution in [0.2, 0.25) is 0 Å². The number of halogens is 1. The topological polar surface area (TPSA) is 12.5 Å².